The van der Waals surface area contributed by atoms with Gasteiger partial charge < -0.3 is 10.1 Å². The fourth-order valence-electron chi connectivity index (χ4n) is 2.47. The van der Waals surface area contributed by atoms with Gasteiger partial charge in [0, 0.05) is 6.04 Å². The van der Waals surface area contributed by atoms with Crippen LogP contribution in [0.1, 0.15) is 44.4 Å². The average Bonchev–Trinajstić information content (AvgIpc) is 2.35. The molecule has 0 radical (unpaired) electrons. The van der Waals surface area contributed by atoms with Crippen molar-refractivity contribution in [1.82, 2.24) is 5.32 Å². The van der Waals surface area contributed by atoms with Crippen LogP contribution < -0.4 is 10.1 Å². The minimum atomic E-state index is 0.476. The standard InChI is InChI=1S/C15H23NO/c1-4-9-17-13-6-5-12-7-8-16-15(11(2)3)14(12)10-13/h5-6,10-11,15-16H,4,7-9H2,1-3H3. The summed E-state index contributed by atoms with van der Waals surface area (Å²) in [5.74, 6) is 1.63. The van der Waals surface area contributed by atoms with Gasteiger partial charge in [0.15, 0.2) is 0 Å². The van der Waals surface area contributed by atoms with E-state index >= 15 is 0 Å². The summed E-state index contributed by atoms with van der Waals surface area (Å²) in [7, 11) is 0. The molecule has 94 valence electrons. The molecule has 1 aromatic rings. The maximum atomic E-state index is 5.72. The molecular formula is C15H23NO. The molecule has 2 rings (SSSR count). The Labute approximate surface area is 104 Å². The van der Waals surface area contributed by atoms with Gasteiger partial charge in [-0.2, -0.15) is 0 Å². The van der Waals surface area contributed by atoms with Crippen molar-refractivity contribution in [3.8, 4) is 5.75 Å². The van der Waals surface area contributed by atoms with Gasteiger partial charge in [0.1, 0.15) is 5.75 Å². The van der Waals surface area contributed by atoms with Gasteiger partial charge in [0.05, 0.1) is 6.61 Å². The van der Waals surface area contributed by atoms with Crippen LogP contribution in [0, 0.1) is 5.92 Å². The highest BCUT2D eigenvalue weighted by Crippen LogP contribution is 2.31. The molecule has 1 aliphatic rings. The van der Waals surface area contributed by atoms with Gasteiger partial charge in [-0.15, -0.1) is 0 Å². The second-order valence-electron chi connectivity index (χ2n) is 5.13. The molecule has 0 saturated heterocycles. The molecule has 1 N–H and O–H groups in total. The van der Waals surface area contributed by atoms with E-state index in [0.29, 0.717) is 12.0 Å². The lowest BCUT2D eigenvalue weighted by Crippen LogP contribution is -2.33. The number of hydrogen-bond donors (Lipinski definition) is 1. The van der Waals surface area contributed by atoms with E-state index in [4.69, 9.17) is 4.74 Å². The molecule has 1 heterocycles. The maximum Gasteiger partial charge on any atom is 0.119 e. The highest BCUT2D eigenvalue weighted by Gasteiger charge is 2.22. The van der Waals surface area contributed by atoms with Crippen molar-refractivity contribution in [2.45, 2.75) is 39.7 Å². The normalized spacial score (nSPS) is 19.2. The van der Waals surface area contributed by atoms with Crippen LogP contribution in [0.25, 0.3) is 0 Å². The van der Waals surface area contributed by atoms with Crippen molar-refractivity contribution in [2.75, 3.05) is 13.2 Å². The lowest BCUT2D eigenvalue weighted by molar-refractivity contribution is 0.315. The molecule has 1 aliphatic heterocycles. The minimum absolute atomic E-state index is 0.476. The van der Waals surface area contributed by atoms with E-state index in [1.54, 1.807) is 0 Å². The van der Waals surface area contributed by atoms with E-state index in [1.165, 1.54) is 11.1 Å². The van der Waals surface area contributed by atoms with Crippen LogP contribution in [0.3, 0.4) is 0 Å². The van der Waals surface area contributed by atoms with Crippen molar-refractivity contribution >= 4 is 0 Å². The third kappa shape index (κ3) is 2.81. The molecule has 0 saturated carbocycles. The smallest absolute Gasteiger partial charge is 0.119 e. The second kappa shape index (κ2) is 5.54. The first-order valence-corrected chi connectivity index (χ1v) is 6.71. The Morgan fingerprint density at radius 3 is 2.94 bits per heavy atom. The molecule has 1 aromatic carbocycles. The lowest BCUT2D eigenvalue weighted by atomic mass is 9.88. The van der Waals surface area contributed by atoms with Crippen LogP contribution in [0.2, 0.25) is 0 Å². The molecule has 2 nitrogen and oxygen atoms in total. The summed E-state index contributed by atoms with van der Waals surface area (Å²) in [5.41, 5.74) is 2.91. The minimum Gasteiger partial charge on any atom is -0.494 e. The largest absolute Gasteiger partial charge is 0.494 e. The molecule has 0 aromatic heterocycles. The lowest BCUT2D eigenvalue weighted by Gasteiger charge is -2.30. The van der Waals surface area contributed by atoms with E-state index in [9.17, 15) is 0 Å². The van der Waals surface area contributed by atoms with Crippen molar-refractivity contribution in [2.24, 2.45) is 5.92 Å². The number of benzene rings is 1. The van der Waals surface area contributed by atoms with Gasteiger partial charge >= 0.3 is 0 Å². The fourth-order valence-corrected chi connectivity index (χ4v) is 2.47. The van der Waals surface area contributed by atoms with E-state index in [2.05, 4.69) is 44.3 Å². The predicted molar refractivity (Wildman–Crippen MR) is 71.5 cm³/mol. The average molecular weight is 233 g/mol. The zero-order valence-corrected chi connectivity index (χ0v) is 11.1. The highest BCUT2D eigenvalue weighted by molar-refractivity contribution is 5.39. The van der Waals surface area contributed by atoms with Gasteiger partial charge in [-0.1, -0.05) is 26.8 Å². The van der Waals surface area contributed by atoms with Crippen LogP contribution in [-0.4, -0.2) is 13.2 Å². The van der Waals surface area contributed by atoms with Gasteiger partial charge in [0.25, 0.3) is 0 Å². The quantitative estimate of drug-likeness (QED) is 0.861. The molecule has 0 fully saturated rings. The number of nitrogens with one attached hydrogen (secondary N) is 1. The Hall–Kier alpha value is -1.02. The Kier molecular flexibility index (Phi) is 4.06. The summed E-state index contributed by atoms with van der Waals surface area (Å²) < 4.78 is 5.72. The van der Waals surface area contributed by atoms with E-state index in [0.717, 1.165) is 31.7 Å². The van der Waals surface area contributed by atoms with Crippen LogP contribution in [0.15, 0.2) is 18.2 Å². The first-order valence-electron chi connectivity index (χ1n) is 6.71. The molecule has 1 atom stereocenters. The van der Waals surface area contributed by atoms with Gasteiger partial charge in [0.2, 0.25) is 0 Å². The predicted octanol–water partition coefficient (Wildman–Crippen LogP) is 3.32. The third-order valence-corrected chi connectivity index (χ3v) is 3.35. The topological polar surface area (TPSA) is 21.3 Å². The van der Waals surface area contributed by atoms with Gasteiger partial charge in [-0.05, 0) is 48.6 Å². The van der Waals surface area contributed by atoms with Crippen molar-refractivity contribution in [3.63, 3.8) is 0 Å². The summed E-state index contributed by atoms with van der Waals surface area (Å²) in [5, 5.41) is 3.60. The first-order chi connectivity index (χ1) is 8.22. The van der Waals surface area contributed by atoms with Crippen molar-refractivity contribution in [3.05, 3.63) is 29.3 Å². The van der Waals surface area contributed by atoms with Crippen LogP contribution in [0.4, 0.5) is 0 Å². The number of fused-ring (bicyclic) bond motifs is 1. The zero-order valence-electron chi connectivity index (χ0n) is 11.1. The molecule has 2 heteroatoms. The van der Waals surface area contributed by atoms with Gasteiger partial charge in [-0.25, -0.2) is 0 Å². The van der Waals surface area contributed by atoms with Crippen LogP contribution in [0.5, 0.6) is 5.75 Å². The van der Waals surface area contributed by atoms with Crippen LogP contribution in [-0.2, 0) is 6.42 Å². The van der Waals surface area contributed by atoms with Crippen LogP contribution >= 0.6 is 0 Å². The Bertz CT molecular complexity index is 373. The number of hydrogen-bond acceptors (Lipinski definition) is 2. The Morgan fingerprint density at radius 2 is 2.24 bits per heavy atom. The molecule has 0 bridgehead atoms. The zero-order chi connectivity index (χ0) is 12.3. The van der Waals surface area contributed by atoms with Gasteiger partial charge in [-0.3, -0.25) is 0 Å². The van der Waals surface area contributed by atoms with E-state index in [-0.39, 0.29) is 0 Å². The molecule has 0 spiro atoms. The fraction of sp³-hybridized carbons (Fsp3) is 0.600. The summed E-state index contributed by atoms with van der Waals surface area (Å²) in [6, 6.07) is 7.04. The monoisotopic (exact) mass is 233 g/mol. The highest BCUT2D eigenvalue weighted by atomic mass is 16.5. The van der Waals surface area contributed by atoms with E-state index in [1.807, 2.05) is 0 Å². The number of rotatable bonds is 4. The molecule has 0 aliphatic carbocycles. The SMILES string of the molecule is CCCOc1ccc2c(c1)C(C(C)C)NCC2. The summed E-state index contributed by atoms with van der Waals surface area (Å²) in [4.78, 5) is 0. The molecule has 1 unspecified atom stereocenters. The molecular weight excluding hydrogens is 210 g/mol. The third-order valence-electron chi connectivity index (χ3n) is 3.35. The van der Waals surface area contributed by atoms with E-state index < -0.39 is 0 Å². The molecule has 0 amide bonds. The summed E-state index contributed by atoms with van der Waals surface area (Å²) in [6.45, 7) is 8.57. The summed E-state index contributed by atoms with van der Waals surface area (Å²) >= 11 is 0. The Balaban J connectivity index is 2.24. The molecule has 17 heavy (non-hydrogen) atoms. The number of ether oxygens (including phenoxy) is 1. The first kappa shape index (κ1) is 12.4. The maximum absolute atomic E-state index is 5.72. The van der Waals surface area contributed by atoms with Crippen molar-refractivity contribution in [1.29, 1.82) is 0 Å². The second-order valence-corrected chi connectivity index (χ2v) is 5.13. The summed E-state index contributed by atoms with van der Waals surface area (Å²) in [6.07, 6.45) is 2.19. The van der Waals surface area contributed by atoms with Crippen molar-refractivity contribution < 1.29 is 4.74 Å². The Morgan fingerprint density at radius 1 is 1.41 bits per heavy atom.